The third-order valence-corrected chi connectivity index (χ3v) is 6.80. The molecule has 0 radical (unpaired) electrons. The normalized spacial score (nSPS) is 11.6. The number of H-pyrrole nitrogens is 1. The molecule has 3 N–H and O–H groups in total. The summed E-state index contributed by atoms with van der Waals surface area (Å²) in [5.41, 5.74) is 15.3. The monoisotopic (exact) mass is 426 g/mol. The van der Waals surface area contributed by atoms with Gasteiger partial charge >= 0.3 is 0 Å². The number of unbranched alkanes of at least 4 members (excludes halogenated alkanes) is 6. The minimum atomic E-state index is 0.870. The SMILES string of the molecule is CCCCCCc1c(-c2ccccc2N)cc(CCCCCC)c2c1[nH]c1ccccc12. The molecule has 0 bridgehead atoms. The van der Waals surface area contributed by atoms with Crippen LogP contribution < -0.4 is 5.73 Å². The summed E-state index contributed by atoms with van der Waals surface area (Å²) in [6.07, 6.45) is 12.4. The summed E-state index contributed by atoms with van der Waals surface area (Å²) in [6, 6.07) is 19.6. The van der Waals surface area contributed by atoms with Gasteiger partial charge in [-0.25, -0.2) is 0 Å². The van der Waals surface area contributed by atoms with Gasteiger partial charge in [0.15, 0.2) is 0 Å². The number of fused-ring (bicyclic) bond motifs is 3. The number of para-hydroxylation sites is 2. The van der Waals surface area contributed by atoms with E-state index in [1.807, 2.05) is 12.1 Å². The number of hydrogen-bond acceptors (Lipinski definition) is 1. The number of nitrogens with two attached hydrogens (primary N) is 1. The number of rotatable bonds is 11. The van der Waals surface area contributed by atoms with Crippen molar-refractivity contribution in [2.75, 3.05) is 5.73 Å². The van der Waals surface area contributed by atoms with E-state index in [4.69, 9.17) is 5.73 Å². The van der Waals surface area contributed by atoms with Gasteiger partial charge in [-0.05, 0) is 54.5 Å². The van der Waals surface area contributed by atoms with Gasteiger partial charge in [0.25, 0.3) is 0 Å². The van der Waals surface area contributed by atoms with Crippen LogP contribution in [0.5, 0.6) is 0 Å². The van der Waals surface area contributed by atoms with E-state index in [1.54, 1.807) is 0 Å². The molecular weight excluding hydrogens is 388 g/mol. The van der Waals surface area contributed by atoms with Gasteiger partial charge in [-0.15, -0.1) is 0 Å². The molecule has 0 aliphatic carbocycles. The Bertz CT molecular complexity index is 1170. The Labute approximate surface area is 193 Å². The van der Waals surface area contributed by atoms with Crippen molar-refractivity contribution in [2.45, 2.75) is 78.1 Å². The molecule has 0 saturated carbocycles. The number of aromatic amines is 1. The topological polar surface area (TPSA) is 41.8 Å². The number of nitrogen functional groups attached to an aromatic ring is 1. The molecule has 0 aliphatic rings. The van der Waals surface area contributed by atoms with E-state index < -0.39 is 0 Å². The van der Waals surface area contributed by atoms with Crippen molar-refractivity contribution in [3.8, 4) is 11.1 Å². The van der Waals surface area contributed by atoms with Crippen molar-refractivity contribution in [2.24, 2.45) is 0 Å². The van der Waals surface area contributed by atoms with E-state index in [0.29, 0.717) is 0 Å². The lowest BCUT2D eigenvalue weighted by atomic mass is 9.88. The molecule has 2 nitrogen and oxygen atoms in total. The van der Waals surface area contributed by atoms with Gasteiger partial charge in [-0.1, -0.05) is 94.8 Å². The number of anilines is 1. The van der Waals surface area contributed by atoms with Crippen LogP contribution >= 0.6 is 0 Å². The second-order valence-corrected chi connectivity index (χ2v) is 9.19. The summed E-state index contributed by atoms with van der Waals surface area (Å²) in [5, 5.41) is 2.79. The van der Waals surface area contributed by atoms with E-state index in [0.717, 1.165) is 18.5 Å². The molecular formula is C30H38N2. The third kappa shape index (κ3) is 4.70. The van der Waals surface area contributed by atoms with Crippen LogP contribution in [0, 0.1) is 0 Å². The lowest BCUT2D eigenvalue weighted by molar-refractivity contribution is 0.666. The van der Waals surface area contributed by atoms with Crippen molar-refractivity contribution in [1.29, 1.82) is 0 Å². The average Bonchev–Trinajstić information content (AvgIpc) is 3.20. The Balaban J connectivity index is 1.90. The Morgan fingerprint density at radius 3 is 2.16 bits per heavy atom. The van der Waals surface area contributed by atoms with Crippen LogP contribution in [0.4, 0.5) is 5.69 Å². The van der Waals surface area contributed by atoms with Crippen LogP contribution in [0.2, 0.25) is 0 Å². The largest absolute Gasteiger partial charge is 0.398 e. The van der Waals surface area contributed by atoms with Gasteiger partial charge < -0.3 is 10.7 Å². The first-order valence-corrected chi connectivity index (χ1v) is 12.6. The summed E-state index contributed by atoms with van der Waals surface area (Å²) < 4.78 is 0. The zero-order valence-electron chi connectivity index (χ0n) is 19.8. The molecule has 0 fully saturated rings. The van der Waals surface area contributed by atoms with Gasteiger partial charge in [0.05, 0.1) is 5.52 Å². The minimum absolute atomic E-state index is 0.870. The average molecular weight is 427 g/mol. The predicted octanol–water partition coefficient (Wildman–Crippen LogP) is 8.82. The van der Waals surface area contributed by atoms with E-state index >= 15 is 0 Å². The first kappa shape index (κ1) is 22.5. The number of aryl methyl sites for hydroxylation is 2. The fourth-order valence-electron chi connectivity index (χ4n) is 5.08. The maximum absolute atomic E-state index is 6.50. The van der Waals surface area contributed by atoms with Crippen LogP contribution in [-0.4, -0.2) is 4.98 Å². The molecule has 0 spiro atoms. The lowest BCUT2D eigenvalue weighted by Crippen LogP contribution is -1.99. The molecule has 1 aromatic heterocycles. The van der Waals surface area contributed by atoms with Gasteiger partial charge in [0.2, 0.25) is 0 Å². The quantitative estimate of drug-likeness (QED) is 0.182. The van der Waals surface area contributed by atoms with Gasteiger partial charge in [0.1, 0.15) is 0 Å². The van der Waals surface area contributed by atoms with Gasteiger partial charge in [0, 0.05) is 27.5 Å². The van der Waals surface area contributed by atoms with Crippen LogP contribution in [0.15, 0.2) is 54.6 Å². The van der Waals surface area contributed by atoms with Crippen molar-refractivity contribution in [1.82, 2.24) is 4.98 Å². The molecule has 0 amide bonds. The summed E-state index contributed by atoms with van der Waals surface area (Å²) in [5.74, 6) is 0. The zero-order chi connectivity index (χ0) is 22.3. The maximum atomic E-state index is 6.50. The van der Waals surface area contributed by atoms with Crippen molar-refractivity contribution >= 4 is 27.5 Å². The van der Waals surface area contributed by atoms with Gasteiger partial charge in [-0.3, -0.25) is 0 Å². The van der Waals surface area contributed by atoms with E-state index in [9.17, 15) is 0 Å². The fourth-order valence-corrected chi connectivity index (χ4v) is 5.08. The highest BCUT2D eigenvalue weighted by molar-refractivity contribution is 6.11. The standard InChI is InChI=1S/C30H38N2/c1-3-5-7-9-15-22-21-26(23-16-11-13-19-27(23)31)24(17-10-8-6-4-2)30-29(22)25-18-12-14-20-28(25)32-30/h11-14,16,18-21,32H,3-10,15,17,31H2,1-2H3. The van der Waals surface area contributed by atoms with E-state index in [1.165, 1.54) is 95.4 Å². The number of hydrogen-bond donors (Lipinski definition) is 2. The van der Waals surface area contributed by atoms with Crippen LogP contribution in [0.25, 0.3) is 32.9 Å². The minimum Gasteiger partial charge on any atom is -0.398 e. The van der Waals surface area contributed by atoms with Crippen LogP contribution in [0.3, 0.4) is 0 Å². The highest BCUT2D eigenvalue weighted by Crippen LogP contribution is 2.40. The number of nitrogens with one attached hydrogen (secondary N) is 1. The fraction of sp³-hybridized carbons (Fsp3) is 0.400. The Hall–Kier alpha value is -2.74. The molecule has 4 rings (SSSR count). The maximum Gasteiger partial charge on any atom is 0.0506 e. The smallest absolute Gasteiger partial charge is 0.0506 e. The molecule has 2 heteroatoms. The molecule has 4 aromatic rings. The van der Waals surface area contributed by atoms with Crippen LogP contribution in [-0.2, 0) is 12.8 Å². The third-order valence-electron chi connectivity index (χ3n) is 6.80. The van der Waals surface area contributed by atoms with Crippen molar-refractivity contribution in [3.05, 3.63) is 65.7 Å². The summed E-state index contributed by atoms with van der Waals surface area (Å²) >= 11 is 0. The number of benzene rings is 3. The highest BCUT2D eigenvalue weighted by Gasteiger charge is 2.18. The van der Waals surface area contributed by atoms with Gasteiger partial charge in [-0.2, -0.15) is 0 Å². The molecule has 32 heavy (non-hydrogen) atoms. The summed E-state index contributed by atoms with van der Waals surface area (Å²) in [6.45, 7) is 4.56. The molecule has 0 aliphatic heterocycles. The molecule has 0 saturated heterocycles. The Morgan fingerprint density at radius 2 is 1.41 bits per heavy atom. The first-order valence-electron chi connectivity index (χ1n) is 12.6. The predicted molar refractivity (Wildman–Crippen MR) is 141 cm³/mol. The first-order chi connectivity index (χ1) is 15.7. The van der Waals surface area contributed by atoms with Crippen molar-refractivity contribution in [3.63, 3.8) is 0 Å². The Morgan fingerprint density at radius 1 is 0.719 bits per heavy atom. The molecule has 0 unspecified atom stereocenters. The summed E-state index contributed by atoms with van der Waals surface area (Å²) in [7, 11) is 0. The molecule has 3 aromatic carbocycles. The molecule has 168 valence electrons. The molecule has 0 atom stereocenters. The Kier molecular flexibility index (Phi) is 7.52. The second kappa shape index (κ2) is 10.7. The lowest BCUT2D eigenvalue weighted by Gasteiger charge is -2.17. The number of aromatic nitrogens is 1. The van der Waals surface area contributed by atoms with Crippen LogP contribution in [0.1, 0.15) is 76.3 Å². The van der Waals surface area contributed by atoms with E-state index in [-0.39, 0.29) is 0 Å². The van der Waals surface area contributed by atoms with Crippen molar-refractivity contribution < 1.29 is 0 Å². The highest BCUT2D eigenvalue weighted by atomic mass is 14.7. The molecule has 1 heterocycles. The summed E-state index contributed by atoms with van der Waals surface area (Å²) in [4.78, 5) is 3.82. The second-order valence-electron chi connectivity index (χ2n) is 9.19. The zero-order valence-corrected chi connectivity index (χ0v) is 19.8. The van der Waals surface area contributed by atoms with E-state index in [2.05, 4.69) is 61.3 Å².